The molecule has 1 aliphatic carbocycles. The van der Waals surface area contributed by atoms with Gasteiger partial charge >= 0.3 is 0 Å². The summed E-state index contributed by atoms with van der Waals surface area (Å²) in [4.78, 5) is 25.0. The lowest BCUT2D eigenvalue weighted by molar-refractivity contribution is 0.0993. The minimum atomic E-state index is -0.110. The van der Waals surface area contributed by atoms with E-state index in [-0.39, 0.29) is 18.0 Å². The largest absolute Gasteiger partial charge is 0.294 e. The van der Waals surface area contributed by atoms with E-state index < -0.39 is 0 Å². The van der Waals surface area contributed by atoms with Crippen LogP contribution in [0.15, 0.2) is 102 Å². The van der Waals surface area contributed by atoms with Crippen LogP contribution >= 0.6 is 0 Å². The normalized spacial score (nSPS) is 13.0. The van der Waals surface area contributed by atoms with E-state index >= 15 is 0 Å². The number of hydrogen-bond acceptors (Lipinski definition) is 2. The summed E-state index contributed by atoms with van der Waals surface area (Å²) in [5.41, 5.74) is 5.79. The maximum Gasteiger partial charge on any atom is 0.186 e. The fraction of sp³-hybridized carbons (Fsp3) is 0.0455. The Morgan fingerprint density at radius 1 is 0.875 bits per heavy atom. The molecule has 0 atom stereocenters. The molecular weight excluding hydrogens is 296 g/mol. The summed E-state index contributed by atoms with van der Waals surface area (Å²) in [6.45, 7) is 0. The fourth-order valence-electron chi connectivity index (χ4n) is 2.50. The highest BCUT2D eigenvalue weighted by Crippen LogP contribution is 2.21. The molecule has 2 heteroatoms. The number of allylic oxidation sites excluding steroid dienone is 5. The lowest BCUT2D eigenvalue weighted by Gasteiger charge is -2.06. The summed E-state index contributed by atoms with van der Waals surface area (Å²) in [5.74, 6) is -0.127. The van der Waals surface area contributed by atoms with Gasteiger partial charge in [0.05, 0.1) is 0 Å². The van der Waals surface area contributed by atoms with Crippen LogP contribution < -0.4 is 0 Å². The van der Waals surface area contributed by atoms with Crippen molar-refractivity contribution in [3.05, 3.63) is 113 Å². The number of ketones is 2. The topological polar surface area (TPSA) is 34.1 Å². The lowest BCUT2D eigenvalue weighted by atomic mass is 9.96. The Morgan fingerprint density at radius 3 is 2.08 bits per heavy atom. The molecule has 2 aromatic carbocycles. The first-order valence-electron chi connectivity index (χ1n) is 7.76. The molecule has 116 valence electrons. The quantitative estimate of drug-likeness (QED) is 0.439. The van der Waals surface area contributed by atoms with Gasteiger partial charge < -0.3 is 0 Å². The van der Waals surface area contributed by atoms with Crippen molar-refractivity contribution in [1.29, 1.82) is 0 Å². The van der Waals surface area contributed by atoms with E-state index in [0.29, 0.717) is 16.7 Å². The van der Waals surface area contributed by atoms with E-state index in [2.05, 4.69) is 5.73 Å². The molecule has 0 fully saturated rings. The Morgan fingerprint density at radius 2 is 1.50 bits per heavy atom. The summed E-state index contributed by atoms with van der Waals surface area (Å²) in [6, 6.07) is 18.2. The van der Waals surface area contributed by atoms with Crippen molar-refractivity contribution in [3.8, 4) is 0 Å². The maximum absolute atomic E-state index is 12.5. The first-order chi connectivity index (χ1) is 11.7. The second-order valence-electron chi connectivity index (χ2n) is 5.45. The molecule has 0 aliphatic heterocycles. The highest BCUT2D eigenvalue weighted by Gasteiger charge is 2.14. The third-order valence-electron chi connectivity index (χ3n) is 3.75. The minimum Gasteiger partial charge on any atom is -0.294 e. The number of carbonyl (C=O) groups excluding carboxylic acids is 2. The predicted octanol–water partition coefficient (Wildman–Crippen LogP) is 4.72. The van der Waals surface area contributed by atoms with E-state index in [4.69, 9.17) is 0 Å². The van der Waals surface area contributed by atoms with Gasteiger partial charge in [-0.1, -0.05) is 66.7 Å². The van der Waals surface area contributed by atoms with Crippen LogP contribution in [0.1, 0.15) is 27.1 Å². The summed E-state index contributed by atoms with van der Waals surface area (Å²) < 4.78 is 0. The summed E-state index contributed by atoms with van der Waals surface area (Å²) in [7, 11) is 0. The van der Waals surface area contributed by atoms with Crippen LogP contribution in [0, 0.1) is 0 Å². The molecule has 0 spiro atoms. The van der Waals surface area contributed by atoms with Crippen LogP contribution in [0.25, 0.3) is 0 Å². The Bertz CT molecular complexity index is 878. The van der Waals surface area contributed by atoms with Crippen molar-refractivity contribution in [3.63, 3.8) is 0 Å². The van der Waals surface area contributed by atoms with E-state index in [1.807, 2.05) is 48.6 Å². The zero-order chi connectivity index (χ0) is 16.8. The summed E-state index contributed by atoms with van der Waals surface area (Å²) >= 11 is 0. The first kappa shape index (κ1) is 15.7. The third kappa shape index (κ3) is 3.75. The highest BCUT2D eigenvalue weighted by atomic mass is 16.1. The van der Waals surface area contributed by atoms with Crippen LogP contribution in [0.3, 0.4) is 0 Å². The molecule has 1 aliphatic rings. The van der Waals surface area contributed by atoms with Gasteiger partial charge in [0.25, 0.3) is 0 Å². The molecule has 0 saturated carbocycles. The smallest absolute Gasteiger partial charge is 0.186 e. The Labute approximate surface area is 141 Å². The minimum absolute atomic E-state index is 0.0164. The zero-order valence-electron chi connectivity index (χ0n) is 13.1. The van der Waals surface area contributed by atoms with Gasteiger partial charge in [0, 0.05) is 23.1 Å². The fourth-order valence-corrected chi connectivity index (χ4v) is 2.50. The average Bonchev–Trinajstić information content (AvgIpc) is 3.17. The first-order valence-corrected chi connectivity index (χ1v) is 7.76. The number of benzene rings is 2. The van der Waals surface area contributed by atoms with Crippen molar-refractivity contribution >= 4 is 11.6 Å². The van der Waals surface area contributed by atoms with Crippen LogP contribution in [-0.4, -0.2) is 11.6 Å². The van der Waals surface area contributed by atoms with E-state index in [9.17, 15) is 9.59 Å². The molecule has 0 unspecified atom stereocenters. The standard InChI is InChI=1S/C22H16O2/c23-21(18-11-3-1-4-12-18)15-20(17-9-7-8-10-17)16-22(24)19-13-5-2-6-14-19/h1-9,11-15H,16H2/b20-15-. The van der Waals surface area contributed by atoms with Crippen molar-refractivity contribution in [1.82, 2.24) is 0 Å². The number of Topliss-reactive ketones (excluding diaryl/α,β-unsaturated/α-hetero) is 1. The van der Waals surface area contributed by atoms with Crippen LogP contribution in [0.4, 0.5) is 0 Å². The van der Waals surface area contributed by atoms with Crippen molar-refractivity contribution in [2.75, 3.05) is 0 Å². The predicted molar refractivity (Wildman–Crippen MR) is 95.0 cm³/mol. The maximum atomic E-state index is 12.5. The molecule has 2 aromatic rings. The number of hydrogen-bond donors (Lipinski definition) is 0. The monoisotopic (exact) mass is 312 g/mol. The van der Waals surface area contributed by atoms with Crippen LogP contribution in [0.2, 0.25) is 0 Å². The molecule has 0 N–H and O–H groups in total. The SMILES string of the molecule is O=C(/C=C(/CC(=O)c1ccccc1)C1=C=CC=C1)c1ccccc1. The van der Waals surface area contributed by atoms with Gasteiger partial charge in [0.1, 0.15) is 0 Å². The molecule has 0 aromatic heterocycles. The van der Waals surface area contributed by atoms with E-state index in [1.54, 1.807) is 36.4 Å². The zero-order valence-corrected chi connectivity index (χ0v) is 13.1. The van der Waals surface area contributed by atoms with Gasteiger partial charge in [-0.3, -0.25) is 9.59 Å². The highest BCUT2D eigenvalue weighted by molar-refractivity contribution is 6.06. The molecule has 0 saturated heterocycles. The van der Waals surface area contributed by atoms with Gasteiger partial charge in [-0.25, -0.2) is 0 Å². The molecule has 24 heavy (non-hydrogen) atoms. The molecule has 0 amide bonds. The number of carbonyl (C=O) groups is 2. The molecule has 0 bridgehead atoms. The van der Waals surface area contributed by atoms with Crippen LogP contribution in [-0.2, 0) is 0 Å². The van der Waals surface area contributed by atoms with Crippen molar-refractivity contribution < 1.29 is 9.59 Å². The van der Waals surface area contributed by atoms with Crippen molar-refractivity contribution in [2.24, 2.45) is 0 Å². The van der Waals surface area contributed by atoms with Crippen molar-refractivity contribution in [2.45, 2.75) is 6.42 Å². The molecular formula is C22H16O2. The van der Waals surface area contributed by atoms with Gasteiger partial charge in [-0.05, 0) is 23.8 Å². The molecule has 0 radical (unpaired) electrons. The molecule has 2 nitrogen and oxygen atoms in total. The molecule has 0 heterocycles. The third-order valence-corrected chi connectivity index (χ3v) is 3.75. The lowest BCUT2D eigenvalue weighted by Crippen LogP contribution is -2.04. The summed E-state index contributed by atoms with van der Waals surface area (Å²) in [5, 5.41) is 0. The second-order valence-corrected chi connectivity index (χ2v) is 5.45. The Hall–Kier alpha value is -3.22. The summed E-state index contributed by atoms with van der Waals surface area (Å²) in [6.07, 6.45) is 7.21. The van der Waals surface area contributed by atoms with E-state index in [1.165, 1.54) is 0 Å². The Kier molecular flexibility index (Phi) is 4.81. The van der Waals surface area contributed by atoms with E-state index in [0.717, 1.165) is 5.57 Å². The molecule has 3 rings (SSSR count). The second kappa shape index (κ2) is 7.36. The average molecular weight is 312 g/mol. The Balaban J connectivity index is 1.89. The van der Waals surface area contributed by atoms with Crippen LogP contribution in [0.5, 0.6) is 0 Å². The van der Waals surface area contributed by atoms with Gasteiger partial charge in [-0.2, -0.15) is 0 Å². The van der Waals surface area contributed by atoms with Gasteiger partial charge in [0.2, 0.25) is 0 Å². The number of rotatable bonds is 6. The van der Waals surface area contributed by atoms with Gasteiger partial charge in [-0.15, -0.1) is 5.73 Å². The van der Waals surface area contributed by atoms with Gasteiger partial charge in [0.15, 0.2) is 11.6 Å².